The van der Waals surface area contributed by atoms with Gasteiger partial charge in [0.25, 0.3) is 5.91 Å². The van der Waals surface area contributed by atoms with E-state index in [1.165, 1.54) is 30.8 Å². The first-order chi connectivity index (χ1) is 16.0. The molecule has 2 aromatic heterocycles. The van der Waals surface area contributed by atoms with Crippen molar-refractivity contribution in [3.8, 4) is 11.4 Å². The van der Waals surface area contributed by atoms with Gasteiger partial charge in [0.05, 0.1) is 16.8 Å². The van der Waals surface area contributed by atoms with Crippen LogP contribution in [0, 0.1) is 5.82 Å². The summed E-state index contributed by atoms with van der Waals surface area (Å²) in [6.07, 6.45) is 10.2. The van der Waals surface area contributed by atoms with E-state index in [-0.39, 0.29) is 30.8 Å². The maximum Gasteiger partial charge on any atom is 0.255 e. The van der Waals surface area contributed by atoms with Gasteiger partial charge in [0.15, 0.2) is 5.82 Å². The molecule has 0 atom stereocenters. The highest BCUT2D eigenvalue weighted by Gasteiger charge is 2.29. The molecule has 2 aliphatic carbocycles. The third-order valence-electron chi connectivity index (χ3n) is 5.23. The number of benzene rings is 1. The van der Waals surface area contributed by atoms with Crippen molar-refractivity contribution in [3.63, 3.8) is 0 Å². The average molecular weight is 484 g/mol. The van der Waals surface area contributed by atoms with E-state index in [4.69, 9.17) is 11.6 Å². The van der Waals surface area contributed by atoms with Crippen LogP contribution in [0.2, 0.25) is 5.02 Å². The van der Waals surface area contributed by atoms with Crippen molar-refractivity contribution >= 4 is 29.0 Å². The Morgan fingerprint density at radius 2 is 1.88 bits per heavy atom. The SMILES string of the molecule is C.CCC.O=C(NC1CC1)c1cnccc1Nc1nc(-c2cc(Cl)ccc2F)ncc1C1CC1. The maximum atomic E-state index is 14.4. The molecule has 2 heterocycles. The highest BCUT2D eigenvalue weighted by molar-refractivity contribution is 6.30. The number of nitrogens with one attached hydrogen (secondary N) is 2. The van der Waals surface area contributed by atoms with Gasteiger partial charge in [-0.2, -0.15) is 0 Å². The molecule has 1 aromatic carbocycles. The Hall–Kier alpha value is -3.06. The molecule has 1 amide bonds. The first kappa shape index (κ1) is 25.6. The van der Waals surface area contributed by atoms with Crippen molar-refractivity contribution in [2.75, 3.05) is 5.32 Å². The Bertz CT molecular complexity index is 1150. The van der Waals surface area contributed by atoms with Gasteiger partial charge in [0.2, 0.25) is 0 Å². The van der Waals surface area contributed by atoms with Gasteiger partial charge in [-0.25, -0.2) is 14.4 Å². The molecule has 6 nitrogen and oxygen atoms in total. The van der Waals surface area contributed by atoms with Gasteiger partial charge in [-0.3, -0.25) is 9.78 Å². The molecule has 0 aliphatic heterocycles. The van der Waals surface area contributed by atoms with Crippen molar-refractivity contribution in [3.05, 3.63) is 64.8 Å². The first-order valence-corrected chi connectivity index (χ1v) is 11.7. The lowest BCUT2D eigenvalue weighted by Gasteiger charge is -2.15. The van der Waals surface area contributed by atoms with E-state index >= 15 is 0 Å². The monoisotopic (exact) mass is 483 g/mol. The summed E-state index contributed by atoms with van der Waals surface area (Å²) in [5.74, 6) is 0.541. The number of hydrogen-bond acceptors (Lipinski definition) is 5. The van der Waals surface area contributed by atoms with Gasteiger partial charge < -0.3 is 10.6 Å². The number of pyridine rings is 1. The first-order valence-electron chi connectivity index (χ1n) is 11.3. The number of carbonyl (C=O) groups is 1. The van der Waals surface area contributed by atoms with E-state index in [1.54, 1.807) is 18.5 Å². The number of nitrogens with zero attached hydrogens (tertiary/aromatic N) is 3. The highest BCUT2D eigenvalue weighted by Crippen LogP contribution is 2.43. The van der Waals surface area contributed by atoms with Crippen molar-refractivity contribution in [2.24, 2.45) is 0 Å². The van der Waals surface area contributed by atoms with Crippen LogP contribution in [0.15, 0.2) is 42.9 Å². The fraction of sp³-hybridized carbons (Fsp3) is 0.385. The molecule has 2 N–H and O–H groups in total. The average Bonchev–Trinajstić information content (AvgIpc) is 3.72. The van der Waals surface area contributed by atoms with Gasteiger partial charge in [-0.1, -0.05) is 39.3 Å². The number of aromatic nitrogens is 3. The fourth-order valence-corrected chi connectivity index (χ4v) is 3.46. The second-order valence-electron chi connectivity index (χ2n) is 8.40. The fourth-order valence-electron chi connectivity index (χ4n) is 3.29. The third kappa shape index (κ3) is 6.29. The zero-order chi connectivity index (χ0) is 23.4. The van der Waals surface area contributed by atoms with Crippen LogP contribution in [0.5, 0.6) is 0 Å². The summed E-state index contributed by atoms with van der Waals surface area (Å²) in [4.78, 5) is 25.7. The lowest BCUT2D eigenvalue weighted by Crippen LogP contribution is -2.26. The molecular weight excluding hydrogens is 453 g/mol. The van der Waals surface area contributed by atoms with Crippen molar-refractivity contribution in [1.82, 2.24) is 20.3 Å². The molecule has 0 bridgehead atoms. The van der Waals surface area contributed by atoms with Gasteiger partial charge in [0.1, 0.15) is 11.6 Å². The van der Waals surface area contributed by atoms with Crippen LogP contribution >= 0.6 is 11.6 Å². The van der Waals surface area contributed by atoms with Crippen molar-refractivity contribution < 1.29 is 9.18 Å². The second kappa shape index (κ2) is 11.4. The van der Waals surface area contributed by atoms with E-state index in [0.717, 1.165) is 31.2 Å². The molecule has 2 fully saturated rings. The number of hydrogen-bond donors (Lipinski definition) is 2. The molecule has 3 aromatic rings. The Morgan fingerprint density at radius 1 is 1.15 bits per heavy atom. The summed E-state index contributed by atoms with van der Waals surface area (Å²) in [5, 5.41) is 6.66. The quantitative estimate of drug-likeness (QED) is 0.398. The summed E-state index contributed by atoms with van der Waals surface area (Å²) in [5.41, 5.74) is 2.22. The van der Waals surface area contributed by atoms with Crippen LogP contribution in [0.4, 0.5) is 15.9 Å². The lowest BCUT2D eigenvalue weighted by molar-refractivity contribution is 0.0951. The molecule has 0 saturated heterocycles. The molecule has 5 rings (SSSR count). The Morgan fingerprint density at radius 3 is 2.56 bits per heavy atom. The standard InChI is InChI=1S/C22H19ClFN5O.C3H8.CH4/c23-13-3-6-18(24)15(9-13)20-26-11-16(12-1-2-12)21(29-20)28-19-7-8-25-10-17(19)22(30)27-14-4-5-14;1-3-2;/h3,6-12,14H,1-2,4-5H2,(H,27,30)(H,25,26,28,29);3H2,1-2H3;1H4. The molecule has 34 heavy (non-hydrogen) atoms. The van der Waals surface area contributed by atoms with Crippen LogP contribution < -0.4 is 10.6 Å². The van der Waals surface area contributed by atoms with E-state index < -0.39 is 5.82 Å². The molecule has 0 spiro atoms. The smallest absolute Gasteiger partial charge is 0.255 e. The molecule has 180 valence electrons. The van der Waals surface area contributed by atoms with E-state index in [1.807, 2.05) is 0 Å². The summed E-state index contributed by atoms with van der Waals surface area (Å²) < 4.78 is 14.4. The minimum atomic E-state index is -0.446. The Kier molecular flexibility index (Phi) is 8.56. The summed E-state index contributed by atoms with van der Waals surface area (Å²) in [6, 6.07) is 6.27. The minimum absolute atomic E-state index is 0. The predicted octanol–water partition coefficient (Wildman–Crippen LogP) is 6.90. The number of anilines is 2. The minimum Gasteiger partial charge on any atom is -0.349 e. The largest absolute Gasteiger partial charge is 0.349 e. The molecular formula is C26H31ClFN5O. The van der Waals surface area contributed by atoms with Crippen LogP contribution in [0.1, 0.15) is 75.2 Å². The van der Waals surface area contributed by atoms with Gasteiger partial charge >= 0.3 is 0 Å². The maximum absolute atomic E-state index is 14.4. The van der Waals surface area contributed by atoms with Gasteiger partial charge in [-0.15, -0.1) is 0 Å². The van der Waals surface area contributed by atoms with E-state index in [9.17, 15) is 9.18 Å². The summed E-state index contributed by atoms with van der Waals surface area (Å²) in [7, 11) is 0. The zero-order valence-electron chi connectivity index (χ0n) is 18.7. The number of amides is 1. The van der Waals surface area contributed by atoms with Crippen LogP contribution in [0.3, 0.4) is 0 Å². The van der Waals surface area contributed by atoms with Crippen LogP contribution in [-0.4, -0.2) is 26.9 Å². The number of carbonyl (C=O) groups excluding carboxylic acids is 1. The molecule has 8 heteroatoms. The third-order valence-corrected chi connectivity index (χ3v) is 5.47. The normalized spacial score (nSPS) is 14.4. The van der Waals surface area contributed by atoms with Crippen LogP contribution in [-0.2, 0) is 0 Å². The number of halogens is 2. The van der Waals surface area contributed by atoms with E-state index in [2.05, 4.69) is 39.4 Å². The molecule has 0 radical (unpaired) electrons. The Labute approximate surface area is 205 Å². The van der Waals surface area contributed by atoms with E-state index in [0.29, 0.717) is 28.0 Å². The van der Waals surface area contributed by atoms with Crippen molar-refractivity contribution in [1.29, 1.82) is 0 Å². The summed E-state index contributed by atoms with van der Waals surface area (Å²) in [6.45, 7) is 4.25. The second-order valence-corrected chi connectivity index (χ2v) is 8.83. The predicted molar refractivity (Wildman–Crippen MR) is 135 cm³/mol. The van der Waals surface area contributed by atoms with Gasteiger partial charge in [-0.05, 0) is 55.9 Å². The topological polar surface area (TPSA) is 79.8 Å². The highest BCUT2D eigenvalue weighted by atomic mass is 35.5. The van der Waals surface area contributed by atoms with Crippen molar-refractivity contribution in [2.45, 2.75) is 65.3 Å². The molecule has 2 aliphatic rings. The molecule has 0 unspecified atom stereocenters. The molecule has 2 saturated carbocycles. The zero-order valence-corrected chi connectivity index (χ0v) is 19.5. The Balaban J connectivity index is 0.000000771. The summed E-state index contributed by atoms with van der Waals surface area (Å²) >= 11 is 6.04. The number of rotatable bonds is 6. The lowest BCUT2D eigenvalue weighted by atomic mass is 10.1. The van der Waals surface area contributed by atoms with Gasteiger partial charge in [0, 0.05) is 35.2 Å². The van der Waals surface area contributed by atoms with Crippen LogP contribution in [0.25, 0.3) is 11.4 Å².